The molecule has 1 aliphatic heterocycles. The van der Waals surface area contributed by atoms with Crippen molar-refractivity contribution in [2.45, 2.75) is 32.1 Å². The molecule has 2 rings (SSSR count). The first-order valence-electron chi connectivity index (χ1n) is 8.78. The predicted octanol–water partition coefficient (Wildman–Crippen LogP) is 2.77. The Morgan fingerprint density at radius 1 is 1.00 bits per heavy atom. The van der Waals surface area contributed by atoms with Gasteiger partial charge in [-0.1, -0.05) is 19.3 Å². The van der Waals surface area contributed by atoms with Crippen molar-refractivity contribution in [1.82, 2.24) is 9.80 Å². The third kappa shape index (κ3) is 5.72. The Kier molecular flexibility index (Phi) is 7.44. The minimum Gasteiger partial charge on any atom is -0.342 e. The Morgan fingerprint density at radius 3 is 2.27 bits per heavy atom. The molecule has 0 radical (unpaired) electrons. The van der Waals surface area contributed by atoms with Crippen molar-refractivity contribution in [1.29, 1.82) is 0 Å². The average Bonchev–Trinajstić information content (AvgIpc) is 2.54. The Hall–Kier alpha value is -2.09. The van der Waals surface area contributed by atoms with Gasteiger partial charge in [0.1, 0.15) is 0 Å². The molecular weight excluding hydrogens is 347 g/mol. The first-order valence-corrected chi connectivity index (χ1v) is 8.78. The van der Waals surface area contributed by atoms with Crippen LogP contribution in [0.4, 0.5) is 18.9 Å². The minimum absolute atomic E-state index is 0.0544. The number of likely N-dealkylation sites (N-methyl/N-ethyl adjacent to an activating group) is 1. The van der Waals surface area contributed by atoms with Gasteiger partial charge in [0.2, 0.25) is 11.8 Å². The number of carbonyl (C=O) groups excluding carboxylic acids is 2. The van der Waals surface area contributed by atoms with Crippen LogP contribution >= 0.6 is 0 Å². The van der Waals surface area contributed by atoms with Crippen molar-refractivity contribution in [3.63, 3.8) is 0 Å². The van der Waals surface area contributed by atoms with Crippen LogP contribution in [0.1, 0.15) is 32.1 Å². The molecule has 8 heteroatoms. The molecule has 0 atom stereocenters. The molecule has 1 aromatic rings. The molecule has 1 aromatic carbocycles. The lowest BCUT2D eigenvalue weighted by atomic mass is 10.1. The van der Waals surface area contributed by atoms with Gasteiger partial charge in [-0.05, 0) is 32.0 Å². The fraction of sp³-hybridized carbons (Fsp3) is 0.556. The standard InChI is InChI=1S/C18H24F3N3O2/c1-23(12-16(26)24-9-5-3-2-4-6-10-24)11-15(25)22-14-8-7-13(19)17(20)18(14)21/h7-8H,2-6,9-12H2,1H3,(H,22,25). The minimum atomic E-state index is -1.64. The van der Waals surface area contributed by atoms with Crippen molar-refractivity contribution in [2.75, 3.05) is 38.5 Å². The number of amides is 2. The van der Waals surface area contributed by atoms with E-state index in [1.54, 1.807) is 7.05 Å². The maximum Gasteiger partial charge on any atom is 0.238 e. The molecule has 1 saturated heterocycles. The lowest BCUT2D eigenvalue weighted by Crippen LogP contribution is -2.42. The van der Waals surface area contributed by atoms with Gasteiger partial charge in [-0.25, -0.2) is 13.2 Å². The van der Waals surface area contributed by atoms with Crippen LogP contribution in [0.2, 0.25) is 0 Å². The SMILES string of the molecule is CN(CC(=O)Nc1ccc(F)c(F)c1F)CC(=O)N1CCCCCCC1. The van der Waals surface area contributed by atoms with Crippen LogP contribution in [0, 0.1) is 17.5 Å². The number of hydrogen-bond acceptors (Lipinski definition) is 3. The van der Waals surface area contributed by atoms with Crippen LogP contribution in [0.3, 0.4) is 0 Å². The Labute approximate surface area is 151 Å². The van der Waals surface area contributed by atoms with Gasteiger partial charge in [-0.3, -0.25) is 14.5 Å². The number of likely N-dealkylation sites (tertiary alicyclic amines) is 1. The second-order valence-electron chi connectivity index (χ2n) is 6.59. The van der Waals surface area contributed by atoms with Crippen LogP contribution in [0.25, 0.3) is 0 Å². The van der Waals surface area contributed by atoms with E-state index in [4.69, 9.17) is 0 Å². The molecule has 0 aromatic heterocycles. The van der Waals surface area contributed by atoms with Crippen molar-refractivity contribution < 1.29 is 22.8 Å². The first-order chi connectivity index (χ1) is 12.4. The maximum atomic E-state index is 13.6. The van der Waals surface area contributed by atoms with E-state index >= 15 is 0 Å². The van der Waals surface area contributed by atoms with Gasteiger partial charge in [-0.15, -0.1) is 0 Å². The quantitative estimate of drug-likeness (QED) is 0.810. The zero-order valence-electron chi connectivity index (χ0n) is 14.9. The van der Waals surface area contributed by atoms with Gasteiger partial charge >= 0.3 is 0 Å². The summed E-state index contributed by atoms with van der Waals surface area (Å²) in [6, 6.07) is 1.69. The Balaban J connectivity index is 1.84. The highest BCUT2D eigenvalue weighted by atomic mass is 19.2. The van der Waals surface area contributed by atoms with E-state index in [-0.39, 0.29) is 19.0 Å². The molecule has 144 valence electrons. The second kappa shape index (κ2) is 9.56. The number of carbonyl (C=O) groups is 2. The third-order valence-corrected chi connectivity index (χ3v) is 4.34. The van der Waals surface area contributed by atoms with E-state index in [1.165, 1.54) is 11.3 Å². The van der Waals surface area contributed by atoms with E-state index in [2.05, 4.69) is 5.32 Å². The Bertz CT molecular complexity index is 647. The molecular formula is C18H24F3N3O2. The van der Waals surface area contributed by atoms with Crippen molar-refractivity contribution in [3.8, 4) is 0 Å². The average molecular weight is 371 g/mol. The van der Waals surface area contributed by atoms with E-state index in [0.717, 1.165) is 50.9 Å². The van der Waals surface area contributed by atoms with Crippen LogP contribution in [0.5, 0.6) is 0 Å². The van der Waals surface area contributed by atoms with E-state index in [0.29, 0.717) is 0 Å². The molecule has 0 aliphatic carbocycles. The summed E-state index contributed by atoms with van der Waals surface area (Å²) in [5, 5.41) is 2.19. The predicted molar refractivity (Wildman–Crippen MR) is 92.1 cm³/mol. The van der Waals surface area contributed by atoms with Crippen molar-refractivity contribution in [3.05, 3.63) is 29.6 Å². The van der Waals surface area contributed by atoms with Gasteiger partial charge < -0.3 is 10.2 Å². The number of anilines is 1. The van der Waals surface area contributed by atoms with Gasteiger partial charge in [0.25, 0.3) is 0 Å². The van der Waals surface area contributed by atoms with Crippen LogP contribution < -0.4 is 5.32 Å². The summed E-state index contributed by atoms with van der Waals surface area (Å²) in [7, 11) is 1.60. The van der Waals surface area contributed by atoms with E-state index < -0.39 is 29.0 Å². The van der Waals surface area contributed by atoms with Gasteiger partial charge in [0, 0.05) is 13.1 Å². The summed E-state index contributed by atoms with van der Waals surface area (Å²) in [6.07, 6.45) is 5.38. The topological polar surface area (TPSA) is 52.7 Å². The second-order valence-corrected chi connectivity index (χ2v) is 6.59. The summed E-state index contributed by atoms with van der Waals surface area (Å²) in [5.41, 5.74) is -0.433. The first kappa shape index (κ1) is 20.2. The third-order valence-electron chi connectivity index (χ3n) is 4.34. The molecule has 0 spiro atoms. The summed E-state index contributed by atoms with van der Waals surface area (Å²) >= 11 is 0. The normalized spacial score (nSPS) is 15.5. The van der Waals surface area contributed by atoms with Crippen molar-refractivity contribution in [2.24, 2.45) is 0 Å². The fourth-order valence-electron chi connectivity index (χ4n) is 2.94. The molecule has 1 heterocycles. The van der Waals surface area contributed by atoms with Gasteiger partial charge in [0.05, 0.1) is 18.8 Å². The van der Waals surface area contributed by atoms with Crippen LogP contribution in [-0.2, 0) is 9.59 Å². The van der Waals surface area contributed by atoms with Gasteiger partial charge in [-0.2, -0.15) is 0 Å². The number of rotatable bonds is 5. The highest BCUT2D eigenvalue weighted by molar-refractivity contribution is 5.92. The number of benzene rings is 1. The molecule has 0 unspecified atom stereocenters. The zero-order chi connectivity index (χ0) is 19.1. The fourth-order valence-corrected chi connectivity index (χ4v) is 2.94. The largest absolute Gasteiger partial charge is 0.342 e. The molecule has 0 bridgehead atoms. The maximum absolute atomic E-state index is 13.6. The zero-order valence-corrected chi connectivity index (χ0v) is 14.9. The summed E-state index contributed by atoms with van der Waals surface area (Å²) < 4.78 is 39.7. The molecule has 1 N–H and O–H groups in total. The molecule has 1 aliphatic rings. The van der Waals surface area contributed by atoms with Gasteiger partial charge in [0.15, 0.2) is 17.5 Å². The molecule has 1 fully saturated rings. The van der Waals surface area contributed by atoms with E-state index in [1.807, 2.05) is 4.90 Å². The summed E-state index contributed by atoms with van der Waals surface area (Å²) in [5.74, 6) is -5.07. The molecule has 0 saturated carbocycles. The molecule has 5 nitrogen and oxygen atoms in total. The number of hydrogen-bond donors (Lipinski definition) is 1. The summed E-state index contributed by atoms with van der Waals surface area (Å²) in [4.78, 5) is 27.6. The van der Waals surface area contributed by atoms with Crippen LogP contribution in [-0.4, -0.2) is 54.8 Å². The Morgan fingerprint density at radius 2 is 1.62 bits per heavy atom. The number of halogens is 3. The van der Waals surface area contributed by atoms with Crippen molar-refractivity contribution >= 4 is 17.5 Å². The number of nitrogens with one attached hydrogen (secondary N) is 1. The molecule has 2 amide bonds. The lowest BCUT2D eigenvalue weighted by molar-refractivity contribution is -0.132. The molecule has 26 heavy (non-hydrogen) atoms. The highest BCUT2D eigenvalue weighted by Gasteiger charge is 2.19. The lowest BCUT2D eigenvalue weighted by Gasteiger charge is -2.27. The van der Waals surface area contributed by atoms with Crippen LogP contribution in [0.15, 0.2) is 12.1 Å². The monoisotopic (exact) mass is 371 g/mol. The highest BCUT2D eigenvalue weighted by Crippen LogP contribution is 2.19. The van der Waals surface area contributed by atoms with E-state index in [9.17, 15) is 22.8 Å². The summed E-state index contributed by atoms with van der Waals surface area (Å²) in [6.45, 7) is 1.34. The number of nitrogens with zero attached hydrogens (tertiary/aromatic N) is 2. The smallest absolute Gasteiger partial charge is 0.238 e.